The Morgan fingerprint density at radius 1 is 0.605 bits per heavy atom. The van der Waals surface area contributed by atoms with Crippen molar-refractivity contribution in [3.05, 3.63) is 164 Å². The fraction of sp³-hybridized carbons (Fsp3) is 0. The molecule has 0 aliphatic carbocycles. The summed E-state index contributed by atoms with van der Waals surface area (Å²) in [7, 11) is 0. The number of aromatic nitrogens is 2. The van der Waals surface area contributed by atoms with Gasteiger partial charge >= 0.3 is 122 Å². The van der Waals surface area contributed by atoms with Crippen molar-refractivity contribution in [3.8, 4) is 11.4 Å². The van der Waals surface area contributed by atoms with E-state index in [9.17, 15) is 0 Å². The second kappa shape index (κ2) is 14.3. The molecule has 5 heteroatoms. The summed E-state index contributed by atoms with van der Waals surface area (Å²) in [5.74, 6) is 0. The van der Waals surface area contributed by atoms with Gasteiger partial charge in [-0.3, -0.25) is 0 Å². The first-order valence-corrected chi connectivity index (χ1v) is 16.2. The molecule has 0 fully saturated rings. The second-order valence-corrected chi connectivity index (χ2v) is 15.0. The van der Waals surface area contributed by atoms with E-state index in [2.05, 4.69) is 103 Å². The van der Waals surface area contributed by atoms with E-state index in [0.29, 0.717) is 0 Å². The number of rotatable bonds is 5. The summed E-state index contributed by atoms with van der Waals surface area (Å²) >= 11 is 3.48. The topological polar surface area (TPSA) is 8.81 Å². The van der Waals surface area contributed by atoms with Crippen LogP contribution in [0.3, 0.4) is 0 Å². The molecule has 0 saturated heterocycles. The van der Waals surface area contributed by atoms with Crippen LogP contribution in [0.2, 0.25) is 0 Å². The van der Waals surface area contributed by atoms with Gasteiger partial charge in [-0.2, -0.15) is 35.2 Å². The summed E-state index contributed by atoms with van der Waals surface area (Å²) in [5.41, 5.74) is 1.92. The fourth-order valence-corrected chi connectivity index (χ4v) is 10.8. The molecular weight excluding hydrogens is 773 g/mol. The molecule has 0 bridgehead atoms. The Morgan fingerprint density at radius 3 is 1.61 bits per heavy atom. The maximum absolute atomic E-state index is 5.30. The predicted molar refractivity (Wildman–Crippen MR) is 155 cm³/mol. The van der Waals surface area contributed by atoms with Crippen molar-refractivity contribution in [2.45, 2.75) is 4.90 Å². The third-order valence-corrected chi connectivity index (χ3v) is 13.0. The first-order chi connectivity index (χ1) is 18.3. The van der Waals surface area contributed by atoms with Gasteiger partial charge in [0, 0.05) is 39.1 Å². The molecule has 0 radical (unpaired) electrons. The summed E-state index contributed by atoms with van der Waals surface area (Å²) < 4.78 is 8.33. The predicted octanol–water partition coefficient (Wildman–Crippen LogP) is 4.46. The molecule has 1 heterocycles. The molecule has 6 aromatic rings. The van der Waals surface area contributed by atoms with Crippen molar-refractivity contribution in [1.29, 1.82) is 0 Å². The summed E-state index contributed by atoms with van der Waals surface area (Å²) in [4.78, 5) is 0.813. The van der Waals surface area contributed by atoms with Gasteiger partial charge in [-0.05, 0) is 5.69 Å². The van der Waals surface area contributed by atoms with Crippen LogP contribution in [-0.4, -0.2) is 24.8 Å². The third-order valence-electron chi connectivity index (χ3n) is 5.70. The standard InChI is InChI=1S/C15H11N2S.3C6H5.Pt.Sb/c18-15-9-5-4-8-14(15)17-11-10-16(12-17)13-6-2-1-3-7-13;3*1-2-4-6-5-3-1;;/h1-6,8-11,18H;3*1-5H;;/q-1;;;;;/p-1. The molecule has 0 aliphatic rings. The van der Waals surface area contributed by atoms with Gasteiger partial charge in [0.1, 0.15) is 0 Å². The molecule has 2 nitrogen and oxygen atoms in total. The summed E-state index contributed by atoms with van der Waals surface area (Å²) in [6, 6.07) is 51.6. The van der Waals surface area contributed by atoms with E-state index < -0.39 is 20.2 Å². The molecule has 0 atom stereocenters. The minimum absolute atomic E-state index is 0. The van der Waals surface area contributed by atoms with Gasteiger partial charge in [-0.1, -0.05) is 24.3 Å². The number of imidazole rings is 1. The van der Waals surface area contributed by atoms with Crippen molar-refractivity contribution in [3.63, 3.8) is 0 Å². The molecule has 0 unspecified atom stereocenters. The molecule has 6 rings (SSSR count). The molecular formula is C33H25N2PtSSb-2. The number of benzene rings is 5. The Bertz CT molecular complexity index is 1430. The van der Waals surface area contributed by atoms with E-state index >= 15 is 0 Å². The van der Waals surface area contributed by atoms with E-state index in [0.717, 1.165) is 16.3 Å². The van der Waals surface area contributed by atoms with Crippen LogP contribution < -0.4 is 15.1 Å². The Balaban J connectivity index is 0.000000173. The summed E-state index contributed by atoms with van der Waals surface area (Å²) in [6.45, 7) is 0. The van der Waals surface area contributed by atoms with Gasteiger partial charge in [0.25, 0.3) is 6.33 Å². The number of para-hydroxylation sites is 2. The van der Waals surface area contributed by atoms with Crippen LogP contribution in [-0.2, 0) is 33.7 Å². The van der Waals surface area contributed by atoms with Crippen molar-refractivity contribution < 1.29 is 25.6 Å². The van der Waals surface area contributed by atoms with Crippen molar-refractivity contribution in [2.24, 2.45) is 0 Å². The monoisotopic (exact) mass is 797 g/mol. The molecule has 0 aliphatic heterocycles. The maximum atomic E-state index is 5.30. The Kier molecular flexibility index (Phi) is 10.5. The first-order valence-electron chi connectivity index (χ1n) is 12.0. The quantitative estimate of drug-likeness (QED) is 0.109. The Morgan fingerprint density at radius 2 is 1.11 bits per heavy atom. The third kappa shape index (κ3) is 7.11. The second-order valence-electron chi connectivity index (χ2n) is 8.20. The molecule has 0 spiro atoms. The molecule has 0 saturated carbocycles. The number of hydrogen-bond donors (Lipinski definition) is 0. The van der Waals surface area contributed by atoms with Gasteiger partial charge in [0.05, 0.1) is 0 Å². The molecule has 5 aromatic carbocycles. The average molecular weight is 798 g/mol. The Labute approximate surface area is 252 Å². The number of hydrogen-bond acceptors (Lipinski definition) is 1. The van der Waals surface area contributed by atoms with Crippen LogP contribution >= 0.6 is 0 Å². The van der Waals surface area contributed by atoms with Crippen molar-refractivity contribution >= 4 is 43.4 Å². The normalized spacial score (nSPS) is 10.2. The van der Waals surface area contributed by atoms with Gasteiger partial charge in [0.15, 0.2) is 0 Å². The van der Waals surface area contributed by atoms with E-state index in [1.54, 1.807) is 0 Å². The van der Waals surface area contributed by atoms with Crippen LogP contribution in [0.4, 0.5) is 0 Å². The molecule has 1 aromatic heterocycles. The molecule has 0 amide bonds. The molecule has 0 N–H and O–H groups in total. The first kappa shape index (κ1) is 28.1. The molecule has 38 heavy (non-hydrogen) atoms. The van der Waals surface area contributed by atoms with Crippen LogP contribution in [0.15, 0.2) is 157 Å². The van der Waals surface area contributed by atoms with Crippen LogP contribution in [0.25, 0.3) is 11.4 Å². The van der Waals surface area contributed by atoms with Crippen LogP contribution in [0, 0.1) is 12.4 Å². The SMILES string of the molecule is [Pt].[S-]c1ccccc1-[n+]1[c-]n(-c2[c-]cccc2)cc1.c1cc[c]([Sb]([c]2ccccc2)[c]2ccccc2)cc1. The van der Waals surface area contributed by atoms with Crippen LogP contribution in [0.5, 0.6) is 0 Å². The van der Waals surface area contributed by atoms with Gasteiger partial charge in [0.2, 0.25) is 0 Å². The van der Waals surface area contributed by atoms with Crippen LogP contribution in [0.1, 0.15) is 0 Å². The zero-order chi connectivity index (χ0) is 25.3. The van der Waals surface area contributed by atoms with E-state index in [-0.39, 0.29) is 21.1 Å². The van der Waals surface area contributed by atoms with Crippen molar-refractivity contribution in [1.82, 2.24) is 4.57 Å². The minimum atomic E-state index is -1.83. The summed E-state index contributed by atoms with van der Waals surface area (Å²) in [5, 5.41) is 0. The van der Waals surface area contributed by atoms with Crippen molar-refractivity contribution in [2.75, 3.05) is 0 Å². The van der Waals surface area contributed by atoms with E-state index in [1.807, 2.05) is 70.1 Å². The summed E-state index contributed by atoms with van der Waals surface area (Å²) in [6.07, 6.45) is 7.10. The number of nitrogens with zero attached hydrogens (tertiary/aromatic N) is 2. The zero-order valence-electron chi connectivity index (χ0n) is 20.5. The fourth-order valence-electron chi connectivity index (χ4n) is 3.95. The van der Waals surface area contributed by atoms with Gasteiger partial charge < -0.3 is 21.8 Å². The van der Waals surface area contributed by atoms with E-state index in [4.69, 9.17) is 12.6 Å². The average Bonchev–Trinajstić information content (AvgIpc) is 3.46. The zero-order valence-corrected chi connectivity index (χ0v) is 26.1. The van der Waals surface area contributed by atoms with E-state index in [1.165, 1.54) is 10.5 Å². The van der Waals surface area contributed by atoms with Gasteiger partial charge in [-0.25, -0.2) is 0 Å². The van der Waals surface area contributed by atoms with Gasteiger partial charge in [-0.15, -0.1) is 0 Å². The Hall–Kier alpha value is -2.96. The molecule has 190 valence electrons.